The Kier molecular flexibility index (Phi) is 11.0. The van der Waals surface area contributed by atoms with Crippen LogP contribution in [0.1, 0.15) is 5.56 Å². The van der Waals surface area contributed by atoms with Crippen molar-refractivity contribution in [2.24, 2.45) is 0 Å². The monoisotopic (exact) mass is 242 g/mol. The summed E-state index contributed by atoms with van der Waals surface area (Å²) in [6.07, 6.45) is 1.83. The summed E-state index contributed by atoms with van der Waals surface area (Å²) in [4.78, 5) is 21.6. The summed E-state index contributed by atoms with van der Waals surface area (Å²) in [5.41, 5.74) is 1.17. The van der Waals surface area contributed by atoms with E-state index in [4.69, 9.17) is 19.2 Å². The molecule has 0 radical (unpaired) electrons. The minimum absolute atomic E-state index is 0. The van der Waals surface area contributed by atoms with Gasteiger partial charge in [-0.1, -0.05) is 43.0 Å². The average molecular weight is 242 g/mol. The van der Waals surface area contributed by atoms with Crippen molar-refractivity contribution in [3.05, 3.63) is 42.5 Å². The van der Waals surface area contributed by atoms with Gasteiger partial charge in [-0.05, 0) is 5.56 Å². The van der Waals surface area contributed by atoms with Crippen LogP contribution in [0.5, 0.6) is 0 Å². The van der Waals surface area contributed by atoms with Gasteiger partial charge in [0.15, 0.2) is 0 Å². The van der Waals surface area contributed by atoms with Crippen molar-refractivity contribution in [1.82, 2.24) is 0 Å². The van der Waals surface area contributed by atoms with Gasteiger partial charge in [0.1, 0.15) is 0 Å². The molecule has 0 atom stereocenters. The van der Waals surface area contributed by atoms with Gasteiger partial charge >= 0.3 is 59.2 Å². The fourth-order valence-corrected chi connectivity index (χ4v) is 0.589. The molecule has 0 fully saturated rings. The van der Waals surface area contributed by atoms with Crippen LogP contribution >= 0.6 is 7.82 Å². The molecule has 0 amide bonds. The zero-order valence-electron chi connectivity index (χ0n) is 6.87. The maximum absolute atomic E-state index is 8.88. The van der Waals surface area contributed by atoms with E-state index >= 15 is 0 Å². The van der Waals surface area contributed by atoms with Crippen LogP contribution in [0, 0.1) is 0 Å². The molecule has 1 aromatic rings. The first-order valence-electron chi connectivity index (χ1n) is 3.39. The third kappa shape index (κ3) is 15.2. The summed E-state index contributed by atoms with van der Waals surface area (Å²) < 4.78 is 8.88. The molecule has 0 aliphatic heterocycles. The molecule has 1 rings (SSSR count). The molecular weight excluding hydrogens is 230 g/mol. The van der Waals surface area contributed by atoms with Crippen molar-refractivity contribution in [3.63, 3.8) is 0 Å². The van der Waals surface area contributed by atoms with Crippen LogP contribution in [0.15, 0.2) is 36.9 Å². The van der Waals surface area contributed by atoms with Crippen molar-refractivity contribution in [3.8, 4) is 0 Å². The Balaban J connectivity index is 0. The Morgan fingerprint density at radius 1 is 1.14 bits per heavy atom. The second-order valence-corrected chi connectivity index (χ2v) is 3.15. The molecule has 4 nitrogen and oxygen atoms in total. The fraction of sp³-hybridized carbons (Fsp3) is 0. The van der Waals surface area contributed by atoms with Crippen LogP contribution in [0.25, 0.3) is 6.08 Å². The number of hydrogen-bond donors (Lipinski definition) is 3. The molecular formula is C8H12KO4P. The number of phosphoric acid groups is 1. The SMILES string of the molecule is C=Cc1ccccc1.O=P(O)(O)O.[KH]. The maximum atomic E-state index is 8.88. The van der Waals surface area contributed by atoms with E-state index in [0.717, 1.165) is 0 Å². The van der Waals surface area contributed by atoms with Gasteiger partial charge in [-0.3, -0.25) is 0 Å². The van der Waals surface area contributed by atoms with E-state index in [1.165, 1.54) is 5.56 Å². The Hall–Kier alpha value is 0.706. The van der Waals surface area contributed by atoms with E-state index in [1.807, 2.05) is 36.4 Å². The first-order chi connectivity index (χ1) is 5.93. The van der Waals surface area contributed by atoms with E-state index in [1.54, 1.807) is 0 Å². The van der Waals surface area contributed by atoms with Crippen molar-refractivity contribution >= 4 is 65.3 Å². The summed E-state index contributed by atoms with van der Waals surface area (Å²) in [5, 5.41) is 0. The third-order valence-corrected chi connectivity index (χ3v) is 1.04. The predicted molar refractivity (Wildman–Crippen MR) is 57.9 cm³/mol. The molecule has 6 heteroatoms. The first-order valence-corrected chi connectivity index (χ1v) is 4.96. The molecule has 74 valence electrons. The molecule has 0 aromatic heterocycles. The molecule has 0 saturated carbocycles. The Labute approximate surface area is 125 Å². The van der Waals surface area contributed by atoms with Crippen molar-refractivity contribution in [1.29, 1.82) is 0 Å². The Morgan fingerprint density at radius 3 is 1.71 bits per heavy atom. The molecule has 0 spiro atoms. The van der Waals surface area contributed by atoms with Crippen LogP contribution in [-0.2, 0) is 4.57 Å². The Bertz CT molecular complexity index is 287. The molecule has 0 aliphatic rings. The van der Waals surface area contributed by atoms with Crippen LogP contribution in [0.2, 0.25) is 0 Å². The summed E-state index contributed by atoms with van der Waals surface area (Å²) in [6.45, 7) is 3.63. The topological polar surface area (TPSA) is 77.8 Å². The fourth-order valence-electron chi connectivity index (χ4n) is 0.589. The average Bonchev–Trinajstić information content (AvgIpc) is 2.03. The van der Waals surface area contributed by atoms with Crippen LogP contribution in [-0.4, -0.2) is 66.1 Å². The van der Waals surface area contributed by atoms with Crippen LogP contribution in [0.4, 0.5) is 0 Å². The molecule has 0 unspecified atom stereocenters. The summed E-state index contributed by atoms with van der Waals surface area (Å²) >= 11 is 0. The quantitative estimate of drug-likeness (QED) is 0.501. The van der Waals surface area contributed by atoms with E-state index in [-0.39, 0.29) is 51.4 Å². The third-order valence-electron chi connectivity index (χ3n) is 1.04. The molecule has 0 saturated heterocycles. The summed E-state index contributed by atoms with van der Waals surface area (Å²) in [5.74, 6) is 0. The first kappa shape index (κ1) is 17.1. The second kappa shape index (κ2) is 8.97. The Morgan fingerprint density at radius 2 is 1.50 bits per heavy atom. The van der Waals surface area contributed by atoms with Gasteiger partial charge in [0.25, 0.3) is 0 Å². The molecule has 1 aromatic carbocycles. The van der Waals surface area contributed by atoms with Gasteiger partial charge in [-0.2, -0.15) is 0 Å². The normalized spacial score (nSPS) is 9.07. The van der Waals surface area contributed by atoms with Gasteiger partial charge < -0.3 is 14.7 Å². The zero-order chi connectivity index (χ0) is 10.3. The second-order valence-electron chi connectivity index (χ2n) is 2.13. The molecule has 0 bridgehead atoms. The van der Waals surface area contributed by atoms with Crippen molar-refractivity contribution in [2.45, 2.75) is 0 Å². The zero-order valence-corrected chi connectivity index (χ0v) is 7.76. The van der Waals surface area contributed by atoms with Crippen LogP contribution in [0.3, 0.4) is 0 Å². The molecule has 14 heavy (non-hydrogen) atoms. The minimum atomic E-state index is -4.64. The van der Waals surface area contributed by atoms with E-state index in [9.17, 15) is 0 Å². The molecule has 3 N–H and O–H groups in total. The summed E-state index contributed by atoms with van der Waals surface area (Å²) in [6, 6.07) is 10.0. The van der Waals surface area contributed by atoms with E-state index in [2.05, 4.69) is 6.58 Å². The molecule has 0 aliphatic carbocycles. The van der Waals surface area contributed by atoms with E-state index < -0.39 is 7.82 Å². The van der Waals surface area contributed by atoms with Gasteiger partial charge in [-0.15, -0.1) is 0 Å². The molecule has 0 heterocycles. The standard InChI is InChI=1S/C8H8.K.H3O4P.H/c1-2-8-6-4-3-5-7-8;;1-5(2,3)4;/h2-7H,1H2;;(H3,1,2,3,4);. The number of benzene rings is 1. The van der Waals surface area contributed by atoms with Crippen molar-refractivity contribution < 1.29 is 19.2 Å². The van der Waals surface area contributed by atoms with Gasteiger partial charge in [0.05, 0.1) is 0 Å². The van der Waals surface area contributed by atoms with Crippen LogP contribution < -0.4 is 0 Å². The summed E-state index contributed by atoms with van der Waals surface area (Å²) in [7, 11) is -4.64. The number of rotatable bonds is 1. The van der Waals surface area contributed by atoms with Gasteiger partial charge in [0, 0.05) is 0 Å². The van der Waals surface area contributed by atoms with Gasteiger partial charge in [-0.25, -0.2) is 4.57 Å². The van der Waals surface area contributed by atoms with E-state index in [0.29, 0.717) is 0 Å². The van der Waals surface area contributed by atoms with Crippen molar-refractivity contribution in [2.75, 3.05) is 0 Å². The predicted octanol–water partition coefficient (Wildman–Crippen LogP) is 0.753. The van der Waals surface area contributed by atoms with Gasteiger partial charge in [0.2, 0.25) is 0 Å². The number of hydrogen-bond acceptors (Lipinski definition) is 1.